The van der Waals surface area contributed by atoms with Gasteiger partial charge in [-0.05, 0) is 12.1 Å². The van der Waals surface area contributed by atoms with Crippen molar-refractivity contribution >= 4 is 22.1 Å². The lowest BCUT2D eigenvalue weighted by Gasteiger charge is -2.17. The van der Waals surface area contributed by atoms with Gasteiger partial charge < -0.3 is 5.73 Å². The number of rotatable bonds is 2. The van der Waals surface area contributed by atoms with Gasteiger partial charge in [-0.2, -0.15) is 12.7 Å². The van der Waals surface area contributed by atoms with Crippen molar-refractivity contribution in [3.8, 4) is 0 Å². The summed E-state index contributed by atoms with van der Waals surface area (Å²) in [5, 5.41) is 11.8. The van der Waals surface area contributed by atoms with Gasteiger partial charge in [-0.3, -0.25) is 10.2 Å². The van der Waals surface area contributed by atoms with Crippen molar-refractivity contribution in [3.05, 3.63) is 35.9 Å². The highest BCUT2D eigenvalue weighted by Crippen LogP contribution is 2.06. The molecule has 1 rings (SSSR count). The standard InChI is InChI=1S/C8H10N4O3S/c9-8(10)12(16(11,14)15)7(13)6-4-2-1-3-5-6/h1-5H,(H3,9,10)(H2,11,14,15). The van der Waals surface area contributed by atoms with E-state index in [1.54, 1.807) is 18.2 Å². The maximum absolute atomic E-state index is 11.7. The normalized spacial score (nSPS) is 10.8. The molecule has 0 saturated heterocycles. The van der Waals surface area contributed by atoms with E-state index >= 15 is 0 Å². The molecule has 0 aliphatic carbocycles. The summed E-state index contributed by atoms with van der Waals surface area (Å²) in [5.74, 6) is -1.91. The van der Waals surface area contributed by atoms with Gasteiger partial charge in [0.05, 0.1) is 0 Å². The van der Waals surface area contributed by atoms with Crippen LogP contribution in [-0.4, -0.2) is 24.6 Å². The van der Waals surface area contributed by atoms with Crippen molar-refractivity contribution in [1.82, 2.24) is 4.31 Å². The minimum atomic E-state index is -4.38. The van der Waals surface area contributed by atoms with E-state index in [1.807, 2.05) is 0 Å². The van der Waals surface area contributed by atoms with Crippen LogP contribution in [-0.2, 0) is 10.2 Å². The quantitative estimate of drug-likeness (QED) is 0.464. The van der Waals surface area contributed by atoms with Crippen molar-refractivity contribution in [2.45, 2.75) is 0 Å². The van der Waals surface area contributed by atoms with Gasteiger partial charge >= 0.3 is 10.2 Å². The van der Waals surface area contributed by atoms with Crippen LogP contribution in [0, 0.1) is 5.41 Å². The summed E-state index contributed by atoms with van der Waals surface area (Å²) in [5.41, 5.74) is 5.07. The molecule has 5 N–H and O–H groups in total. The van der Waals surface area contributed by atoms with Crippen molar-refractivity contribution in [2.75, 3.05) is 0 Å². The molecule has 0 fully saturated rings. The number of benzene rings is 1. The molecule has 8 heteroatoms. The fourth-order valence-corrected chi connectivity index (χ4v) is 1.67. The average Bonchev–Trinajstić information content (AvgIpc) is 2.16. The van der Waals surface area contributed by atoms with Gasteiger partial charge in [0.1, 0.15) is 0 Å². The molecule has 0 aliphatic heterocycles. The van der Waals surface area contributed by atoms with Crippen LogP contribution in [0.4, 0.5) is 0 Å². The van der Waals surface area contributed by atoms with Crippen LogP contribution in [0.15, 0.2) is 30.3 Å². The Morgan fingerprint density at radius 1 is 1.25 bits per heavy atom. The lowest BCUT2D eigenvalue weighted by Crippen LogP contribution is -2.48. The first-order valence-corrected chi connectivity index (χ1v) is 5.61. The molecule has 0 heterocycles. The maximum atomic E-state index is 11.7. The Hall–Kier alpha value is -1.93. The molecular weight excluding hydrogens is 232 g/mol. The van der Waals surface area contributed by atoms with Gasteiger partial charge in [-0.1, -0.05) is 18.2 Å². The van der Waals surface area contributed by atoms with Gasteiger partial charge in [0, 0.05) is 5.56 Å². The third-order valence-corrected chi connectivity index (χ3v) is 2.55. The van der Waals surface area contributed by atoms with Crippen LogP contribution in [0.5, 0.6) is 0 Å². The van der Waals surface area contributed by atoms with Crippen LogP contribution in [0.25, 0.3) is 0 Å². The van der Waals surface area contributed by atoms with E-state index in [0.717, 1.165) is 0 Å². The number of hydrogen-bond acceptors (Lipinski definition) is 4. The summed E-state index contributed by atoms with van der Waals surface area (Å²) >= 11 is 0. The van der Waals surface area contributed by atoms with E-state index in [2.05, 4.69) is 0 Å². The Balaban J connectivity index is 3.18. The molecule has 1 aromatic rings. The third kappa shape index (κ3) is 2.55. The Kier molecular flexibility index (Phi) is 3.25. The maximum Gasteiger partial charge on any atom is 0.308 e. The predicted molar refractivity (Wildman–Crippen MR) is 57.6 cm³/mol. The van der Waals surface area contributed by atoms with Crippen LogP contribution in [0.3, 0.4) is 0 Å². The Labute approximate surface area is 92.3 Å². The molecule has 16 heavy (non-hydrogen) atoms. The number of nitrogens with one attached hydrogen (secondary N) is 1. The number of carbonyl (C=O) groups excluding carboxylic acids is 1. The van der Waals surface area contributed by atoms with E-state index in [9.17, 15) is 13.2 Å². The third-order valence-electron chi connectivity index (χ3n) is 1.68. The molecule has 0 aliphatic rings. The summed E-state index contributed by atoms with van der Waals surface area (Å²) in [6.45, 7) is 0. The molecule has 0 saturated carbocycles. The summed E-state index contributed by atoms with van der Waals surface area (Å²) in [6.07, 6.45) is 0. The Morgan fingerprint density at radius 3 is 2.12 bits per heavy atom. The summed E-state index contributed by atoms with van der Waals surface area (Å²) in [7, 11) is -4.38. The van der Waals surface area contributed by atoms with E-state index in [-0.39, 0.29) is 9.87 Å². The van der Waals surface area contributed by atoms with Crippen molar-refractivity contribution in [2.24, 2.45) is 10.9 Å². The van der Waals surface area contributed by atoms with Crippen molar-refractivity contribution in [3.63, 3.8) is 0 Å². The molecule has 0 atom stereocenters. The molecular formula is C8H10N4O3S. The number of nitrogens with two attached hydrogens (primary N) is 2. The molecule has 7 nitrogen and oxygen atoms in total. The second kappa shape index (κ2) is 4.29. The van der Waals surface area contributed by atoms with Crippen LogP contribution in [0.2, 0.25) is 0 Å². The summed E-state index contributed by atoms with van der Waals surface area (Å²) in [4.78, 5) is 11.7. The smallest absolute Gasteiger partial charge is 0.308 e. The Morgan fingerprint density at radius 2 is 1.75 bits per heavy atom. The zero-order valence-electron chi connectivity index (χ0n) is 8.12. The largest absolute Gasteiger partial charge is 0.369 e. The molecule has 0 bridgehead atoms. The highest BCUT2D eigenvalue weighted by molar-refractivity contribution is 7.87. The van der Waals surface area contributed by atoms with Crippen LogP contribution >= 0.6 is 0 Å². The number of carbonyl (C=O) groups is 1. The minimum Gasteiger partial charge on any atom is -0.369 e. The highest BCUT2D eigenvalue weighted by atomic mass is 32.2. The van der Waals surface area contributed by atoms with E-state index < -0.39 is 22.1 Å². The first-order valence-electron chi connectivity index (χ1n) is 4.10. The lowest BCUT2D eigenvalue weighted by atomic mass is 10.2. The molecule has 1 aromatic carbocycles. The van der Waals surface area contributed by atoms with Crippen molar-refractivity contribution < 1.29 is 13.2 Å². The lowest BCUT2D eigenvalue weighted by molar-refractivity contribution is 0.0912. The zero-order chi connectivity index (χ0) is 12.3. The zero-order valence-corrected chi connectivity index (χ0v) is 8.94. The van der Waals surface area contributed by atoms with Crippen LogP contribution in [0.1, 0.15) is 10.4 Å². The number of guanidine groups is 1. The second-order valence-electron chi connectivity index (χ2n) is 2.87. The Bertz CT molecular complexity index is 511. The van der Waals surface area contributed by atoms with E-state index in [4.69, 9.17) is 16.3 Å². The summed E-state index contributed by atoms with van der Waals surface area (Å²) in [6, 6.07) is 7.54. The molecule has 0 radical (unpaired) electrons. The van der Waals surface area contributed by atoms with E-state index in [0.29, 0.717) is 0 Å². The highest BCUT2D eigenvalue weighted by Gasteiger charge is 2.27. The van der Waals surface area contributed by atoms with Crippen molar-refractivity contribution in [1.29, 1.82) is 5.41 Å². The first-order chi connectivity index (χ1) is 7.34. The van der Waals surface area contributed by atoms with Gasteiger partial charge in [0.25, 0.3) is 5.91 Å². The molecule has 0 aromatic heterocycles. The monoisotopic (exact) mass is 242 g/mol. The number of nitrogens with zero attached hydrogens (tertiary/aromatic N) is 1. The van der Waals surface area contributed by atoms with Gasteiger partial charge in [-0.25, -0.2) is 5.14 Å². The number of amides is 1. The van der Waals surface area contributed by atoms with Gasteiger partial charge in [-0.15, -0.1) is 0 Å². The minimum absolute atomic E-state index is 0.0301. The fourth-order valence-electron chi connectivity index (χ4n) is 1.06. The molecule has 0 spiro atoms. The summed E-state index contributed by atoms with van der Waals surface area (Å²) < 4.78 is 22.1. The second-order valence-corrected chi connectivity index (χ2v) is 4.26. The fraction of sp³-hybridized carbons (Fsp3) is 0. The SMILES string of the molecule is N=C(N)N(C(=O)c1ccccc1)S(N)(=O)=O. The topological polar surface area (TPSA) is 130 Å². The predicted octanol–water partition coefficient (Wildman–Crippen LogP) is -0.774. The average molecular weight is 242 g/mol. The molecule has 1 amide bonds. The first kappa shape index (κ1) is 12.1. The molecule has 86 valence electrons. The van der Waals surface area contributed by atoms with Crippen LogP contribution < -0.4 is 10.9 Å². The van der Waals surface area contributed by atoms with E-state index in [1.165, 1.54) is 12.1 Å². The number of hydrogen-bond donors (Lipinski definition) is 3. The molecule has 0 unspecified atom stereocenters. The van der Waals surface area contributed by atoms with Gasteiger partial charge in [0.15, 0.2) is 0 Å². The van der Waals surface area contributed by atoms with Gasteiger partial charge in [0.2, 0.25) is 5.96 Å².